The van der Waals surface area contributed by atoms with E-state index in [1.165, 1.54) is 56.9 Å². The molecule has 5 rings (SSSR count). The van der Waals surface area contributed by atoms with E-state index in [0.29, 0.717) is 40.3 Å². The number of ether oxygens (including phenoxy) is 1. The highest BCUT2D eigenvalue weighted by atomic mass is 16.5. The lowest BCUT2D eigenvalue weighted by molar-refractivity contribution is -0.234. The molecular formula is C33H52O2. The van der Waals surface area contributed by atoms with Crippen LogP contribution in [0.2, 0.25) is 0 Å². The van der Waals surface area contributed by atoms with Gasteiger partial charge in [-0.25, -0.2) is 0 Å². The normalized spacial score (nSPS) is 53.1. The summed E-state index contributed by atoms with van der Waals surface area (Å²) in [7, 11) is 1.84. The highest BCUT2D eigenvalue weighted by Crippen LogP contribution is 2.78. The van der Waals surface area contributed by atoms with Crippen LogP contribution >= 0.6 is 0 Å². The molecule has 2 heteroatoms. The Balaban J connectivity index is 1.57. The minimum absolute atomic E-state index is 0.124. The van der Waals surface area contributed by atoms with Gasteiger partial charge in [0.05, 0.1) is 12.9 Å². The molecule has 35 heavy (non-hydrogen) atoms. The maximum atomic E-state index is 13.2. The third-order valence-corrected chi connectivity index (χ3v) is 14.2. The minimum atomic E-state index is -0.124. The topological polar surface area (TPSA) is 26.3 Å². The number of allylic oxidation sites excluding steroid dienone is 2. The molecule has 2 nitrogen and oxygen atoms in total. The third kappa shape index (κ3) is 2.98. The molecule has 0 aliphatic heterocycles. The molecule has 10 atom stereocenters. The number of ketones is 1. The van der Waals surface area contributed by atoms with Crippen LogP contribution in [-0.4, -0.2) is 12.9 Å². The van der Waals surface area contributed by atoms with Crippen LogP contribution in [0.5, 0.6) is 0 Å². The Morgan fingerprint density at radius 2 is 1.63 bits per heavy atom. The van der Waals surface area contributed by atoms with Crippen LogP contribution < -0.4 is 0 Å². The van der Waals surface area contributed by atoms with E-state index >= 15 is 0 Å². The maximum Gasteiger partial charge on any atom is 0.139 e. The van der Waals surface area contributed by atoms with Gasteiger partial charge in [0.25, 0.3) is 0 Å². The Morgan fingerprint density at radius 1 is 0.914 bits per heavy atom. The maximum absolute atomic E-state index is 13.2. The van der Waals surface area contributed by atoms with Gasteiger partial charge < -0.3 is 4.74 Å². The Hall–Kier alpha value is -1.05. The van der Waals surface area contributed by atoms with Gasteiger partial charge >= 0.3 is 0 Å². The number of hydrogen-bond acceptors (Lipinski definition) is 2. The van der Waals surface area contributed by atoms with Gasteiger partial charge in [0, 0.05) is 17.3 Å². The van der Waals surface area contributed by atoms with Crippen LogP contribution in [-0.2, 0) is 9.53 Å². The fourth-order valence-corrected chi connectivity index (χ4v) is 11.9. The molecule has 0 saturated heterocycles. The molecule has 0 bridgehead atoms. The molecule has 0 aromatic rings. The van der Waals surface area contributed by atoms with Crippen LogP contribution in [0.25, 0.3) is 0 Å². The van der Waals surface area contributed by atoms with Gasteiger partial charge in [-0.2, -0.15) is 0 Å². The van der Waals surface area contributed by atoms with Gasteiger partial charge in [-0.3, -0.25) is 4.79 Å². The van der Waals surface area contributed by atoms with E-state index in [4.69, 9.17) is 4.74 Å². The second kappa shape index (κ2) is 7.97. The number of carbonyl (C=O) groups excluding carboxylic acids is 1. The molecule has 0 amide bonds. The summed E-state index contributed by atoms with van der Waals surface area (Å²) < 4.78 is 5.94. The van der Waals surface area contributed by atoms with Gasteiger partial charge in [0.1, 0.15) is 5.78 Å². The van der Waals surface area contributed by atoms with Crippen molar-refractivity contribution >= 4 is 5.78 Å². The summed E-state index contributed by atoms with van der Waals surface area (Å²) in [6, 6.07) is 0. The Labute approximate surface area is 215 Å². The highest BCUT2D eigenvalue weighted by molar-refractivity contribution is 5.86. The van der Waals surface area contributed by atoms with E-state index in [-0.39, 0.29) is 16.2 Å². The van der Waals surface area contributed by atoms with Crippen molar-refractivity contribution < 1.29 is 9.53 Å². The van der Waals surface area contributed by atoms with E-state index in [1.807, 2.05) is 7.11 Å². The largest absolute Gasteiger partial charge is 0.501 e. The molecule has 0 aromatic heterocycles. The lowest BCUT2D eigenvalue weighted by atomic mass is 9.32. The zero-order valence-corrected chi connectivity index (χ0v) is 23.9. The third-order valence-electron chi connectivity index (χ3n) is 14.2. The summed E-state index contributed by atoms with van der Waals surface area (Å²) in [5.41, 5.74) is 2.32. The molecule has 5 aliphatic rings. The lowest BCUT2D eigenvalue weighted by Crippen LogP contribution is -2.66. The summed E-state index contributed by atoms with van der Waals surface area (Å²) in [6.07, 6.45) is 13.0. The zero-order chi connectivity index (χ0) is 25.6. The lowest BCUT2D eigenvalue weighted by Gasteiger charge is -2.72. The van der Waals surface area contributed by atoms with Crippen LogP contribution in [0.3, 0.4) is 0 Å². The molecule has 5 saturated carbocycles. The van der Waals surface area contributed by atoms with Crippen LogP contribution in [0, 0.1) is 56.7 Å². The SMILES string of the molecule is C=C(C)[C@@H]1CC[C@]2(C(=C)OC)CC[C@]3(C)C(CCC4[C@@]5(C)CCC(=O)[C@@](C)(CC)[C@@H]5CC[C@]43C)C12. The van der Waals surface area contributed by atoms with Gasteiger partial charge in [-0.15, -0.1) is 0 Å². The van der Waals surface area contributed by atoms with E-state index in [0.717, 1.165) is 30.9 Å². The Kier molecular flexibility index (Phi) is 5.83. The molecule has 0 N–H and O–H groups in total. The fourth-order valence-electron chi connectivity index (χ4n) is 11.9. The van der Waals surface area contributed by atoms with Crippen molar-refractivity contribution in [2.75, 3.05) is 7.11 Å². The average molecular weight is 481 g/mol. The minimum Gasteiger partial charge on any atom is -0.501 e. The Morgan fingerprint density at radius 3 is 2.26 bits per heavy atom. The van der Waals surface area contributed by atoms with Crippen molar-refractivity contribution in [2.45, 2.75) is 112 Å². The van der Waals surface area contributed by atoms with Crippen molar-refractivity contribution in [1.82, 2.24) is 0 Å². The van der Waals surface area contributed by atoms with Crippen molar-refractivity contribution in [3.8, 4) is 0 Å². The molecule has 3 unspecified atom stereocenters. The van der Waals surface area contributed by atoms with E-state index in [1.54, 1.807) is 0 Å². The van der Waals surface area contributed by atoms with Crippen molar-refractivity contribution in [3.63, 3.8) is 0 Å². The Bertz CT molecular complexity index is 933. The van der Waals surface area contributed by atoms with Gasteiger partial charge in [0.2, 0.25) is 0 Å². The predicted octanol–water partition coefficient (Wildman–Crippen LogP) is 8.76. The first-order chi connectivity index (χ1) is 16.4. The molecule has 0 radical (unpaired) electrons. The molecular weight excluding hydrogens is 428 g/mol. The molecule has 196 valence electrons. The van der Waals surface area contributed by atoms with Crippen molar-refractivity contribution in [3.05, 3.63) is 24.5 Å². The van der Waals surface area contributed by atoms with E-state index in [2.05, 4.69) is 54.7 Å². The molecule has 0 spiro atoms. The molecule has 0 aromatic carbocycles. The summed E-state index contributed by atoms with van der Waals surface area (Å²) in [6.45, 7) is 23.8. The smallest absolute Gasteiger partial charge is 0.139 e. The van der Waals surface area contributed by atoms with Crippen LogP contribution in [0.1, 0.15) is 112 Å². The number of Topliss-reactive ketones (excluding diaryl/α,β-unsaturated/α-hetero) is 1. The van der Waals surface area contributed by atoms with E-state index in [9.17, 15) is 4.79 Å². The quantitative estimate of drug-likeness (QED) is 0.297. The van der Waals surface area contributed by atoms with Crippen LogP contribution in [0.15, 0.2) is 24.5 Å². The summed E-state index contributed by atoms with van der Waals surface area (Å²) in [4.78, 5) is 13.2. The van der Waals surface area contributed by atoms with Crippen molar-refractivity contribution in [2.24, 2.45) is 56.7 Å². The average Bonchev–Trinajstić information content (AvgIpc) is 3.23. The number of fused-ring (bicyclic) bond motifs is 7. The van der Waals surface area contributed by atoms with Crippen molar-refractivity contribution in [1.29, 1.82) is 0 Å². The second-order valence-corrected chi connectivity index (χ2v) is 14.7. The zero-order valence-electron chi connectivity index (χ0n) is 23.9. The number of rotatable bonds is 4. The number of hydrogen-bond donors (Lipinski definition) is 0. The molecule has 0 heterocycles. The summed E-state index contributed by atoms with van der Waals surface area (Å²) >= 11 is 0. The fraction of sp³-hybridized carbons (Fsp3) is 0.848. The monoisotopic (exact) mass is 480 g/mol. The summed E-state index contributed by atoms with van der Waals surface area (Å²) in [5.74, 6) is 4.76. The number of methoxy groups -OCH3 is 1. The molecule has 5 fully saturated rings. The van der Waals surface area contributed by atoms with Gasteiger partial charge in [-0.1, -0.05) is 53.3 Å². The second-order valence-electron chi connectivity index (χ2n) is 14.7. The molecule has 5 aliphatic carbocycles. The standard InChI is InChI=1S/C33H52O2/c1-10-29(5)25-14-17-32(8)26(30(25,6)16-15-27(29)34)12-11-24-28-23(21(2)3)13-18-33(28,22(4)35-9)20-19-31(24,32)7/h23-26,28H,2,4,10-20H2,1,3,5-9H3/t23-,24?,25-,26?,28?,29-,30-,31+,32+,33+/m0/s1. The summed E-state index contributed by atoms with van der Waals surface area (Å²) in [5, 5.41) is 0. The first-order valence-corrected chi connectivity index (χ1v) is 14.8. The highest BCUT2D eigenvalue weighted by Gasteiger charge is 2.71. The number of carbonyl (C=O) groups is 1. The van der Waals surface area contributed by atoms with E-state index < -0.39 is 0 Å². The van der Waals surface area contributed by atoms with Crippen LogP contribution in [0.4, 0.5) is 0 Å². The first-order valence-electron chi connectivity index (χ1n) is 14.8. The first kappa shape index (κ1) is 25.6. The van der Waals surface area contributed by atoms with Gasteiger partial charge in [-0.05, 0) is 117 Å². The predicted molar refractivity (Wildman–Crippen MR) is 145 cm³/mol. The van der Waals surface area contributed by atoms with Gasteiger partial charge in [0.15, 0.2) is 0 Å².